The molecule has 0 unspecified atom stereocenters. The molecule has 1 aromatic carbocycles. The van der Waals surface area contributed by atoms with E-state index in [1.807, 2.05) is 13.8 Å². The topological polar surface area (TPSA) is 141 Å². The van der Waals surface area contributed by atoms with Crippen molar-refractivity contribution >= 4 is 28.7 Å². The Bertz CT molecular complexity index is 1500. The number of aryl methyl sites for hydroxylation is 2. The van der Waals surface area contributed by atoms with Gasteiger partial charge in [0, 0.05) is 18.8 Å². The number of nitrogens with one attached hydrogen (secondary N) is 2. The fourth-order valence-electron chi connectivity index (χ4n) is 3.85. The van der Waals surface area contributed by atoms with Crippen molar-refractivity contribution in [2.24, 2.45) is 0 Å². The molecule has 0 aliphatic rings. The number of ether oxygens (including phenoxy) is 1. The summed E-state index contributed by atoms with van der Waals surface area (Å²) in [5.74, 6) is -0.566. The summed E-state index contributed by atoms with van der Waals surface area (Å²) in [6.07, 6.45) is 3.72. The number of benzene rings is 1. The van der Waals surface area contributed by atoms with Gasteiger partial charge in [0.05, 0.1) is 11.8 Å². The molecular formula is C25H27N5O6. The molecule has 0 fully saturated rings. The average Bonchev–Trinajstić information content (AvgIpc) is 3.52. The number of furan rings is 1. The third-order valence-electron chi connectivity index (χ3n) is 5.58. The molecule has 3 heterocycles. The minimum atomic E-state index is -0.628. The van der Waals surface area contributed by atoms with Crippen LogP contribution in [-0.4, -0.2) is 31.0 Å². The van der Waals surface area contributed by atoms with Gasteiger partial charge >= 0.3 is 11.7 Å². The normalized spacial score (nSPS) is 11.1. The number of anilines is 1. The number of H-pyrrole nitrogens is 1. The summed E-state index contributed by atoms with van der Waals surface area (Å²) >= 11 is 0. The SMILES string of the molecule is CCCCn1c(=O)[nH]c(=O)c2c1nc(COC(=O)c1cccc(NC(=O)c3ccco3)c1)n2CCC. The fraction of sp³-hybridized carbons (Fsp3) is 0.320. The Morgan fingerprint density at radius 1 is 1.08 bits per heavy atom. The van der Waals surface area contributed by atoms with E-state index in [-0.39, 0.29) is 29.1 Å². The predicted octanol–water partition coefficient (Wildman–Crippen LogP) is 3.30. The van der Waals surface area contributed by atoms with Gasteiger partial charge in [-0.25, -0.2) is 14.6 Å². The van der Waals surface area contributed by atoms with Crippen LogP contribution in [0.2, 0.25) is 0 Å². The number of aromatic amines is 1. The van der Waals surface area contributed by atoms with E-state index in [2.05, 4.69) is 15.3 Å². The zero-order valence-electron chi connectivity index (χ0n) is 20.1. The van der Waals surface area contributed by atoms with Crippen LogP contribution in [0.3, 0.4) is 0 Å². The molecule has 0 aliphatic carbocycles. The number of rotatable bonds is 10. The molecule has 1 amide bonds. The van der Waals surface area contributed by atoms with Crippen LogP contribution in [0.5, 0.6) is 0 Å². The molecule has 0 atom stereocenters. The fourth-order valence-corrected chi connectivity index (χ4v) is 3.85. The molecule has 4 aromatic rings. The van der Waals surface area contributed by atoms with Crippen molar-refractivity contribution in [2.75, 3.05) is 5.32 Å². The van der Waals surface area contributed by atoms with Gasteiger partial charge in [-0.15, -0.1) is 0 Å². The van der Waals surface area contributed by atoms with Crippen LogP contribution in [0.4, 0.5) is 5.69 Å². The lowest BCUT2D eigenvalue weighted by atomic mass is 10.2. The van der Waals surface area contributed by atoms with E-state index in [0.717, 1.165) is 12.8 Å². The van der Waals surface area contributed by atoms with Gasteiger partial charge in [-0.3, -0.25) is 19.1 Å². The highest BCUT2D eigenvalue weighted by Crippen LogP contribution is 2.17. The number of carbonyl (C=O) groups excluding carboxylic acids is 2. The van der Waals surface area contributed by atoms with Gasteiger partial charge in [0.1, 0.15) is 12.4 Å². The Balaban J connectivity index is 1.57. The molecule has 0 saturated carbocycles. The summed E-state index contributed by atoms with van der Waals surface area (Å²) in [4.78, 5) is 56.9. The first kappa shape index (κ1) is 24.7. The van der Waals surface area contributed by atoms with Gasteiger partial charge in [-0.1, -0.05) is 26.3 Å². The molecular weight excluding hydrogens is 466 g/mol. The molecule has 36 heavy (non-hydrogen) atoms. The number of carbonyl (C=O) groups is 2. The largest absolute Gasteiger partial charge is 0.459 e. The third kappa shape index (κ3) is 5.14. The third-order valence-corrected chi connectivity index (χ3v) is 5.58. The summed E-state index contributed by atoms with van der Waals surface area (Å²) in [5.41, 5.74) is 0.138. The van der Waals surface area contributed by atoms with Gasteiger partial charge in [0.15, 0.2) is 16.9 Å². The highest BCUT2D eigenvalue weighted by molar-refractivity contribution is 6.03. The second-order valence-electron chi connectivity index (χ2n) is 8.20. The highest BCUT2D eigenvalue weighted by atomic mass is 16.5. The van der Waals surface area contributed by atoms with E-state index >= 15 is 0 Å². The lowest BCUT2D eigenvalue weighted by molar-refractivity contribution is 0.0458. The summed E-state index contributed by atoms with van der Waals surface area (Å²) in [5, 5.41) is 2.66. The van der Waals surface area contributed by atoms with Crippen molar-refractivity contribution in [1.82, 2.24) is 19.1 Å². The Morgan fingerprint density at radius 3 is 2.64 bits per heavy atom. The van der Waals surface area contributed by atoms with Gasteiger partial charge in [-0.2, -0.15) is 0 Å². The molecule has 2 N–H and O–H groups in total. The quantitative estimate of drug-likeness (QED) is 0.323. The van der Waals surface area contributed by atoms with Crippen LogP contribution in [0.1, 0.15) is 59.8 Å². The Kier molecular flexibility index (Phi) is 7.47. The van der Waals surface area contributed by atoms with Gasteiger partial charge in [0.25, 0.3) is 11.5 Å². The maximum atomic E-state index is 12.8. The van der Waals surface area contributed by atoms with Crippen LogP contribution in [0.25, 0.3) is 11.2 Å². The van der Waals surface area contributed by atoms with Crippen LogP contribution in [0.15, 0.2) is 56.7 Å². The minimum absolute atomic E-state index is 0.144. The number of aromatic nitrogens is 4. The lowest BCUT2D eigenvalue weighted by Gasteiger charge is -2.09. The number of hydrogen-bond donors (Lipinski definition) is 2. The molecule has 0 saturated heterocycles. The van der Waals surface area contributed by atoms with Crippen LogP contribution < -0.4 is 16.6 Å². The van der Waals surface area contributed by atoms with Gasteiger partial charge in [0.2, 0.25) is 0 Å². The number of amides is 1. The van der Waals surface area contributed by atoms with E-state index in [9.17, 15) is 19.2 Å². The van der Waals surface area contributed by atoms with Crippen LogP contribution >= 0.6 is 0 Å². The van der Waals surface area contributed by atoms with Crippen molar-refractivity contribution in [1.29, 1.82) is 0 Å². The van der Waals surface area contributed by atoms with E-state index in [1.54, 1.807) is 28.8 Å². The summed E-state index contributed by atoms with van der Waals surface area (Å²) in [6.45, 7) is 4.64. The first-order valence-electron chi connectivity index (χ1n) is 11.8. The van der Waals surface area contributed by atoms with Crippen molar-refractivity contribution in [3.8, 4) is 0 Å². The maximum Gasteiger partial charge on any atom is 0.338 e. The molecule has 0 bridgehead atoms. The second kappa shape index (κ2) is 10.9. The molecule has 4 rings (SSSR count). The molecule has 11 heteroatoms. The number of fused-ring (bicyclic) bond motifs is 1. The minimum Gasteiger partial charge on any atom is -0.459 e. The monoisotopic (exact) mass is 493 g/mol. The molecule has 3 aromatic heterocycles. The van der Waals surface area contributed by atoms with Crippen molar-refractivity contribution < 1.29 is 18.7 Å². The standard InChI is InChI=1S/C25H27N5O6/c1-3-5-12-30-21-20(23(32)28-25(30)34)29(11-4-2)19(27-21)15-36-24(33)16-8-6-9-17(14-16)26-22(31)18-10-7-13-35-18/h6-10,13-14H,3-5,11-12,15H2,1-2H3,(H,26,31)(H,28,32,34). The summed E-state index contributed by atoms with van der Waals surface area (Å²) in [7, 11) is 0. The van der Waals surface area contributed by atoms with Gasteiger partial charge < -0.3 is 19.0 Å². The van der Waals surface area contributed by atoms with Crippen molar-refractivity contribution in [2.45, 2.75) is 52.8 Å². The molecule has 0 radical (unpaired) electrons. The van der Waals surface area contributed by atoms with E-state index in [0.29, 0.717) is 31.0 Å². The molecule has 11 nitrogen and oxygen atoms in total. The Morgan fingerprint density at radius 2 is 1.92 bits per heavy atom. The Labute approximate surface area is 205 Å². The summed E-state index contributed by atoms with van der Waals surface area (Å²) < 4.78 is 13.7. The number of hydrogen-bond acceptors (Lipinski definition) is 7. The molecule has 0 aliphatic heterocycles. The van der Waals surface area contributed by atoms with E-state index < -0.39 is 23.1 Å². The first-order chi connectivity index (χ1) is 17.4. The maximum absolute atomic E-state index is 12.8. The molecule has 0 spiro atoms. The van der Waals surface area contributed by atoms with Crippen LogP contribution in [0, 0.1) is 0 Å². The zero-order valence-corrected chi connectivity index (χ0v) is 20.1. The average molecular weight is 494 g/mol. The second-order valence-corrected chi connectivity index (χ2v) is 8.20. The van der Waals surface area contributed by atoms with Gasteiger partial charge in [-0.05, 0) is 43.2 Å². The summed E-state index contributed by atoms with van der Waals surface area (Å²) in [6, 6.07) is 9.44. The molecule has 188 valence electrons. The van der Waals surface area contributed by atoms with E-state index in [1.165, 1.54) is 23.0 Å². The first-order valence-corrected chi connectivity index (χ1v) is 11.8. The van der Waals surface area contributed by atoms with Crippen molar-refractivity contribution in [3.63, 3.8) is 0 Å². The Hall–Kier alpha value is -4.41. The smallest absolute Gasteiger partial charge is 0.338 e. The number of nitrogens with zero attached hydrogens (tertiary/aromatic N) is 3. The lowest BCUT2D eigenvalue weighted by Crippen LogP contribution is -2.31. The number of esters is 1. The number of imidazole rings is 1. The highest BCUT2D eigenvalue weighted by Gasteiger charge is 2.20. The predicted molar refractivity (Wildman–Crippen MR) is 132 cm³/mol. The number of unbranched alkanes of at least 4 members (excludes halogenated alkanes) is 1. The van der Waals surface area contributed by atoms with Crippen LogP contribution in [-0.2, 0) is 24.4 Å². The van der Waals surface area contributed by atoms with E-state index in [4.69, 9.17) is 9.15 Å². The van der Waals surface area contributed by atoms with Crippen molar-refractivity contribution in [3.05, 3.63) is 80.6 Å². The zero-order chi connectivity index (χ0) is 25.7.